The second-order valence-corrected chi connectivity index (χ2v) is 4.56. The zero-order valence-corrected chi connectivity index (χ0v) is 9.32. The van der Waals surface area contributed by atoms with Crippen LogP contribution in [0, 0.1) is 13.8 Å². The quantitative estimate of drug-likeness (QED) is 0.764. The molecule has 1 aliphatic heterocycles. The third-order valence-electron chi connectivity index (χ3n) is 2.22. The van der Waals surface area contributed by atoms with Gasteiger partial charge in [-0.15, -0.1) is 0 Å². The van der Waals surface area contributed by atoms with Crippen molar-refractivity contribution in [2.75, 3.05) is 17.6 Å². The smallest absolute Gasteiger partial charge is 0.161 e. The number of amidine groups is 1. The number of hydrogen-bond acceptors (Lipinski definition) is 3. The molecule has 0 amide bonds. The highest BCUT2D eigenvalue weighted by molar-refractivity contribution is 8.14. The summed E-state index contributed by atoms with van der Waals surface area (Å²) in [5.74, 6) is 1.10. The number of nitrogens with one attached hydrogen (secondary N) is 1. The van der Waals surface area contributed by atoms with Crippen molar-refractivity contribution >= 4 is 22.6 Å². The van der Waals surface area contributed by atoms with E-state index in [1.54, 1.807) is 11.8 Å². The van der Waals surface area contributed by atoms with Crippen LogP contribution in [0.3, 0.4) is 0 Å². The Morgan fingerprint density at radius 3 is 2.93 bits per heavy atom. The molecule has 0 bridgehead atoms. The average molecular weight is 206 g/mol. The Balaban J connectivity index is 2.19. The normalized spacial score (nSPS) is 15.4. The van der Waals surface area contributed by atoms with Gasteiger partial charge in [-0.25, -0.2) is 0 Å². The number of anilines is 1. The summed E-state index contributed by atoms with van der Waals surface area (Å²) in [6, 6.07) is 6.43. The van der Waals surface area contributed by atoms with Gasteiger partial charge in [0.15, 0.2) is 5.17 Å². The summed E-state index contributed by atoms with van der Waals surface area (Å²) >= 11 is 1.79. The van der Waals surface area contributed by atoms with Crippen molar-refractivity contribution in [3.8, 4) is 0 Å². The summed E-state index contributed by atoms with van der Waals surface area (Å²) in [5, 5.41) is 4.42. The first-order chi connectivity index (χ1) is 6.75. The van der Waals surface area contributed by atoms with Gasteiger partial charge >= 0.3 is 0 Å². The number of aryl methyl sites for hydroxylation is 2. The molecule has 0 saturated carbocycles. The maximum absolute atomic E-state index is 4.37. The van der Waals surface area contributed by atoms with E-state index in [4.69, 9.17) is 0 Å². The van der Waals surface area contributed by atoms with Gasteiger partial charge in [-0.05, 0) is 31.0 Å². The second kappa shape index (κ2) is 4.05. The van der Waals surface area contributed by atoms with E-state index in [1.807, 2.05) is 0 Å². The lowest BCUT2D eigenvalue weighted by Crippen LogP contribution is -2.06. The van der Waals surface area contributed by atoms with E-state index in [0.29, 0.717) is 0 Å². The molecule has 0 unspecified atom stereocenters. The molecule has 0 aliphatic carbocycles. The monoisotopic (exact) mass is 206 g/mol. The fraction of sp³-hybridized carbons (Fsp3) is 0.364. The summed E-state index contributed by atoms with van der Waals surface area (Å²) in [6.07, 6.45) is 0. The summed E-state index contributed by atoms with van der Waals surface area (Å²) in [5.41, 5.74) is 3.73. The zero-order chi connectivity index (χ0) is 9.97. The molecule has 0 spiro atoms. The van der Waals surface area contributed by atoms with Crippen molar-refractivity contribution in [3.63, 3.8) is 0 Å². The molecule has 74 valence electrons. The van der Waals surface area contributed by atoms with Crippen molar-refractivity contribution in [1.29, 1.82) is 0 Å². The first kappa shape index (κ1) is 9.59. The van der Waals surface area contributed by atoms with Gasteiger partial charge in [0.1, 0.15) is 0 Å². The van der Waals surface area contributed by atoms with Crippen LogP contribution in [-0.2, 0) is 0 Å². The van der Waals surface area contributed by atoms with Gasteiger partial charge < -0.3 is 5.32 Å². The van der Waals surface area contributed by atoms with E-state index in [-0.39, 0.29) is 0 Å². The highest BCUT2D eigenvalue weighted by Crippen LogP contribution is 2.20. The number of thioether (sulfide) groups is 1. The number of nitrogens with zero attached hydrogens (tertiary/aromatic N) is 1. The average Bonchev–Trinajstić information content (AvgIpc) is 2.64. The van der Waals surface area contributed by atoms with E-state index in [2.05, 4.69) is 42.4 Å². The predicted molar refractivity (Wildman–Crippen MR) is 64.3 cm³/mol. The van der Waals surface area contributed by atoms with Gasteiger partial charge in [-0.2, -0.15) is 0 Å². The van der Waals surface area contributed by atoms with Crippen LogP contribution in [0.1, 0.15) is 11.1 Å². The first-order valence-electron chi connectivity index (χ1n) is 4.77. The maximum Gasteiger partial charge on any atom is 0.161 e. The maximum atomic E-state index is 4.37. The summed E-state index contributed by atoms with van der Waals surface area (Å²) in [7, 11) is 0. The molecule has 1 aromatic carbocycles. The third-order valence-corrected chi connectivity index (χ3v) is 3.11. The van der Waals surface area contributed by atoms with Crippen molar-refractivity contribution in [2.24, 2.45) is 4.99 Å². The van der Waals surface area contributed by atoms with E-state index in [9.17, 15) is 0 Å². The minimum absolute atomic E-state index is 0.942. The van der Waals surface area contributed by atoms with E-state index in [1.165, 1.54) is 16.8 Å². The molecule has 14 heavy (non-hydrogen) atoms. The molecule has 0 radical (unpaired) electrons. The van der Waals surface area contributed by atoms with Crippen LogP contribution in [0.15, 0.2) is 23.2 Å². The zero-order valence-electron chi connectivity index (χ0n) is 8.50. The molecular formula is C11H14N2S. The molecule has 1 heterocycles. The Kier molecular flexibility index (Phi) is 2.77. The molecule has 2 rings (SSSR count). The number of hydrogen-bond donors (Lipinski definition) is 1. The van der Waals surface area contributed by atoms with Crippen molar-refractivity contribution in [1.82, 2.24) is 0 Å². The minimum Gasteiger partial charge on any atom is -0.335 e. The highest BCUT2D eigenvalue weighted by atomic mass is 32.2. The SMILES string of the molecule is Cc1ccc(C)c(NC2=NCCS2)c1. The lowest BCUT2D eigenvalue weighted by molar-refractivity contribution is 1.17. The third kappa shape index (κ3) is 2.10. The van der Waals surface area contributed by atoms with Crippen LogP contribution in [0.5, 0.6) is 0 Å². The first-order valence-corrected chi connectivity index (χ1v) is 5.76. The molecule has 0 atom stereocenters. The largest absolute Gasteiger partial charge is 0.335 e. The second-order valence-electron chi connectivity index (χ2n) is 3.48. The molecular weight excluding hydrogens is 192 g/mol. The molecule has 1 aromatic rings. The standard InChI is InChI=1S/C11H14N2S/c1-8-3-4-9(2)10(7-8)13-11-12-5-6-14-11/h3-4,7H,5-6H2,1-2H3,(H,12,13). The van der Waals surface area contributed by atoms with Gasteiger partial charge in [-0.3, -0.25) is 4.99 Å². The number of aliphatic imine (C=N–C) groups is 1. The summed E-state index contributed by atoms with van der Waals surface area (Å²) in [4.78, 5) is 4.37. The number of rotatable bonds is 1. The van der Waals surface area contributed by atoms with E-state index < -0.39 is 0 Å². The van der Waals surface area contributed by atoms with Crippen molar-refractivity contribution in [2.45, 2.75) is 13.8 Å². The Morgan fingerprint density at radius 2 is 2.21 bits per heavy atom. The fourth-order valence-electron chi connectivity index (χ4n) is 1.40. The topological polar surface area (TPSA) is 24.4 Å². The molecule has 0 fully saturated rings. The minimum atomic E-state index is 0.942. The van der Waals surface area contributed by atoms with Gasteiger partial charge in [0.25, 0.3) is 0 Å². The lowest BCUT2D eigenvalue weighted by atomic mass is 10.1. The highest BCUT2D eigenvalue weighted by Gasteiger charge is 2.07. The van der Waals surface area contributed by atoms with Gasteiger partial charge in [0.2, 0.25) is 0 Å². The van der Waals surface area contributed by atoms with Crippen LogP contribution >= 0.6 is 11.8 Å². The Labute approximate surface area is 88.8 Å². The fourth-order valence-corrected chi connectivity index (χ4v) is 2.14. The molecule has 0 saturated heterocycles. The lowest BCUT2D eigenvalue weighted by Gasteiger charge is -2.09. The van der Waals surface area contributed by atoms with Crippen LogP contribution in [0.2, 0.25) is 0 Å². The molecule has 1 N–H and O–H groups in total. The van der Waals surface area contributed by atoms with Gasteiger partial charge in [0.05, 0.1) is 6.54 Å². The van der Waals surface area contributed by atoms with Gasteiger partial charge in [0, 0.05) is 11.4 Å². The number of benzene rings is 1. The Bertz CT molecular complexity index is 372. The molecule has 0 aromatic heterocycles. The van der Waals surface area contributed by atoms with Crippen LogP contribution in [0.25, 0.3) is 0 Å². The van der Waals surface area contributed by atoms with E-state index in [0.717, 1.165) is 17.5 Å². The van der Waals surface area contributed by atoms with Crippen LogP contribution < -0.4 is 5.32 Å². The Hall–Kier alpha value is -0.960. The van der Waals surface area contributed by atoms with Crippen molar-refractivity contribution in [3.05, 3.63) is 29.3 Å². The molecule has 2 nitrogen and oxygen atoms in total. The Morgan fingerprint density at radius 1 is 1.36 bits per heavy atom. The van der Waals surface area contributed by atoms with Crippen LogP contribution in [0.4, 0.5) is 5.69 Å². The molecule has 3 heteroatoms. The molecule has 1 aliphatic rings. The van der Waals surface area contributed by atoms with Crippen LogP contribution in [-0.4, -0.2) is 17.5 Å². The predicted octanol–water partition coefficient (Wildman–Crippen LogP) is 2.82. The van der Waals surface area contributed by atoms with E-state index >= 15 is 0 Å². The summed E-state index contributed by atoms with van der Waals surface area (Å²) in [6.45, 7) is 5.16. The van der Waals surface area contributed by atoms with Crippen molar-refractivity contribution < 1.29 is 0 Å². The van der Waals surface area contributed by atoms with Gasteiger partial charge in [-0.1, -0.05) is 23.9 Å². The summed E-state index contributed by atoms with van der Waals surface area (Å²) < 4.78 is 0.